The van der Waals surface area contributed by atoms with E-state index in [0.29, 0.717) is 17.2 Å². The van der Waals surface area contributed by atoms with Gasteiger partial charge in [-0.2, -0.15) is 0 Å². The van der Waals surface area contributed by atoms with Crippen molar-refractivity contribution in [2.24, 2.45) is 15.2 Å². The van der Waals surface area contributed by atoms with Crippen LogP contribution in [0.15, 0.2) is 88.1 Å². The molecule has 0 fully saturated rings. The van der Waals surface area contributed by atoms with Crippen LogP contribution in [0.4, 0.5) is 28.4 Å². The number of fused-ring (bicyclic) bond motifs is 1. The molecule has 0 amide bonds. The van der Waals surface area contributed by atoms with Crippen LogP contribution in [0.3, 0.4) is 0 Å². The number of hydrogen-bond donors (Lipinski definition) is 3. The van der Waals surface area contributed by atoms with E-state index in [1.165, 1.54) is 24.3 Å². The van der Waals surface area contributed by atoms with Crippen molar-refractivity contribution in [3.8, 4) is 5.75 Å². The average molecular weight is 509 g/mol. The maximum absolute atomic E-state index is 11.4. The molecule has 0 saturated carbocycles. The summed E-state index contributed by atoms with van der Waals surface area (Å²) in [5.74, 6) is -0.889. The van der Waals surface area contributed by atoms with Crippen LogP contribution in [0.1, 0.15) is 0 Å². The monoisotopic (exact) mass is 509 g/mol. The molecule has 0 aromatic heterocycles. The molecule has 1 aliphatic rings. The molecular weight excluding hydrogens is 494 g/mol. The van der Waals surface area contributed by atoms with Crippen molar-refractivity contribution in [2.45, 2.75) is 0 Å². The van der Waals surface area contributed by atoms with Crippen LogP contribution in [0, 0.1) is 20.2 Å². The Morgan fingerprint density at radius 1 is 0.833 bits per heavy atom. The fourth-order valence-corrected chi connectivity index (χ4v) is 3.78. The lowest BCUT2D eigenvalue weighted by atomic mass is 10.1. The van der Waals surface area contributed by atoms with Gasteiger partial charge in [-0.1, -0.05) is 30.3 Å². The third-order valence-electron chi connectivity index (χ3n) is 4.99. The highest BCUT2D eigenvalue weighted by molar-refractivity contribution is 7.92. The molecular formula is C22H15N5O8S. The van der Waals surface area contributed by atoms with Crippen molar-refractivity contribution in [2.75, 3.05) is 0 Å². The van der Waals surface area contributed by atoms with Gasteiger partial charge in [-0.05, 0) is 35.8 Å². The Labute approximate surface area is 202 Å². The summed E-state index contributed by atoms with van der Waals surface area (Å²) < 4.78 is 29.9. The Kier molecular flexibility index (Phi) is 6.39. The number of aliphatic imine (C=N–C) groups is 1. The van der Waals surface area contributed by atoms with E-state index in [1.807, 2.05) is 0 Å². The Morgan fingerprint density at radius 3 is 2.17 bits per heavy atom. The number of phenols is 1. The summed E-state index contributed by atoms with van der Waals surface area (Å²) in [6, 6.07) is 11.9. The number of allylic oxidation sites excluding steroid dienone is 4. The van der Waals surface area contributed by atoms with Crippen LogP contribution < -0.4 is 0 Å². The number of nitro benzene ring substituents is 2. The summed E-state index contributed by atoms with van der Waals surface area (Å²) >= 11 is 0. The number of non-ortho nitro benzene ring substituents is 1. The van der Waals surface area contributed by atoms with Crippen molar-refractivity contribution in [3.05, 3.63) is 93.1 Å². The lowest BCUT2D eigenvalue weighted by Gasteiger charge is -2.08. The summed E-state index contributed by atoms with van der Waals surface area (Å²) in [6.45, 7) is 0. The maximum atomic E-state index is 11.4. The first kappa shape index (κ1) is 24.3. The molecule has 0 aliphatic heterocycles. The molecule has 0 bridgehead atoms. The second-order valence-corrected chi connectivity index (χ2v) is 8.77. The van der Waals surface area contributed by atoms with Gasteiger partial charge in [-0.3, -0.25) is 29.3 Å². The van der Waals surface area contributed by atoms with Crippen LogP contribution in [0.25, 0.3) is 10.8 Å². The zero-order valence-electron chi connectivity index (χ0n) is 18.0. The van der Waals surface area contributed by atoms with E-state index >= 15 is 0 Å². The molecule has 0 heterocycles. The molecule has 3 N–H and O–H groups in total. The normalized spacial score (nSPS) is 13.5. The van der Waals surface area contributed by atoms with Crippen molar-refractivity contribution < 1.29 is 28.3 Å². The highest BCUT2D eigenvalue weighted by Gasteiger charge is 2.24. The highest BCUT2D eigenvalue weighted by atomic mass is 32.2. The van der Waals surface area contributed by atoms with Crippen molar-refractivity contribution in [1.82, 2.24) is 0 Å². The van der Waals surface area contributed by atoms with Crippen LogP contribution in [0.2, 0.25) is 0 Å². The summed E-state index contributed by atoms with van der Waals surface area (Å²) in [6.07, 6.45) is 5.24. The molecule has 0 saturated heterocycles. The largest absolute Gasteiger partial charge is 0.501 e. The van der Waals surface area contributed by atoms with Crippen LogP contribution in [-0.4, -0.2) is 38.8 Å². The van der Waals surface area contributed by atoms with Gasteiger partial charge >= 0.3 is 5.69 Å². The molecule has 36 heavy (non-hydrogen) atoms. The summed E-state index contributed by atoms with van der Waals surface area (Å²) in [4.78, 5) is 24.8. The maximum Gasteiger partial charge on any atom is 0.319 e. The van der Waals surface area contributed by atoms with E-state index in [-0.39, 0.29) is 16.2 Å². The quantitative estimate of drug-likeness (QED) is 0.176. The first-order chi connectivity index (χ1) is 17.0. The fraction of sp³-hybridized carbons (Fsp3) is 0. The number of nitrogens with zero attached hydrogens (tertiary/aromatic N) is 5. The predicted octanol–water partition coefficient (Wildman–Crippen LogP) is 5.38. The van der Waals surface area contributed by atoms with Gasteiger partial charge in [0.2, 0.25) is 15.8 Å². The third kappa shape index (κ3) is 5.00. The van der Waals surface area contributed by atoms with Gasteiger partial charge < -0.3 is 5.11 Å². The predicted molar refractivity (Wildman–Crippen MR) is 133 cm³/mol. The number of hydrogen-bond acceptors (Lipinski definition) is 9. The van der Waals surface area contributed by atoms with Crippen molar-refractivity contribution in [3.63, 3.8) is 0 Å². The molecule has 0 radical (unpaired) electrons. The number of benzene rings is 3. The number of aromatic hydroxyl groups is 1. The fourth-order valence-electron chi connectivity index (χ4n) is 3.29. The smallest absolute Gasteiger partial charge is 0.319 e. The SMILES string of the molecule is O=[N+]([O-])c1cc(N=Nc2c(N=C3C=CC(=S(=O)(O)O)C=C3)ccc3ccccc23)c(O)c([N+](=O)[O-])c1. The molecule has 3 aromatic rings. The topological polar surface area (TPSA) is 201 Å². The van der Waals surface area contributed by atoms with E-state index in [1.54, 1.807) is 36.4 Å². The van der Waals surface area contributed by atoms with Gasteiger partial charge in [0.1, 0.15) is 11.4 Å². The standard InChI is InChI=1S/C22H15N5O8S/c28-22-19(11-15(26(29)30)12-20(22)27(31)32)24-25-21-17-4-2-1-3-13(17)5-10-18(21)23-14-6-8-16(9-7-14)36(33,34)35/h1-12,28H,(H2,33,34,35). The molecule has 14 heteroatoms. The van der Waals surface area contributed by atoms with E-state index in [0.717, 1.165) is 11.5 Å². The number of phenolic OH excluding ortho intramolecular Hbond substituents is 1. The molecule has 3 aromatic carbocycles. The first-order valence-corrected chi connectivity index (χ1v) is 11.4. The molecule has 0 spiro atoms. The van der Waals surface area contributed by atoms with Gasteiger partial charge in [0, 0.05) is 11.5 Å². The summed E-state index contributed by atoms with van der Waals surface area (Å²) in [5.41, 5.74) is -1.23. The van der Waals surface area contributed by atoms with Gasteiger partial charge in [0.25, 0.3) is 5.69 Å². The molecule has 4 rings (SSSR count). The lowest BCUT2D eigenvalue weighted by molar-refractivity contribution is -0.394. The Morgan fingerprint density at radius 2 is 1.53 bits per heavy atom. The van der Waals surface area contributed by atoms with E-state index in [9.17, 15) is 38.6 Å². The number of rotatable bonds is 5. The van der Waals surface area contributed by atoms with E-state index in [4.69, 9.17) is 0 Å². The second-order valence-electron chi connectivity index (χ2n) is 7.30. The minimum Gasteiger partial charge on any atom is -0.501 e. The lowest BCUT2D eigenvalue weighted by Crippen LogP contribution is -2.11. The van der Waals surface area contributed by atoms with Gasteiger partial charge in [0.15, 0.2) is 0 Å². The van der Waals surface area contributed by atoms with Crippen molar-refractivity contribution in [1.29, 1.82) is 0 Å². The molecule has 0 unspecified atom stereocenters. The van der Waals surface area contributed by atoms with Gasteiger partial charge in [-0.15, -0.1) is 10.2 Å². The van der Waals surface area contributed by atoms with Crippen LogP contribution in [-0.2, 0) is 10.1 Å². The molecule has 1 aliphatic carbocycles. The first-order valence-electron chi connectivity index (χ1n) is 9.95. The third-order valence-corrected chi connectivity index (χ3v) is 5.88. The van der Waals surface area contributed by atoms with E-state index in [2.05, 4.69) is 15.2 Å². The second kappa shape index (κ2) is 9.46. The Hall–Kier alpha value is -4.79. The average Bonchev–Trinajstić information content (AvgIpc) is 2.83. The van der Waals surface area contributed by atoms with Crippen LogP contribution in [0.5, 0.6) is 5.75 Å². The molecule has 182 valence electrons. The highest BCUT2D eigenvalue weighted by Crippen LogP contribution is 2.42. The van der Waals surface area contributed by atoms with Crippen LogP contribution >= 0.6 is 0 Å². The Balaban J connectivity index is 1.86. The summed E-state index contributed by atoms with van der Waals surface area (Å²) in [5, 5.41) is 42.0. The van der Waals surface area contributed by atoms with Gasteiger partial charge in [-0.25, -0.2) is 9.20 Å². The zero-order valence-corrected chi connectivity index (χ0v) is 18.8. The summed E-state index contributed by atoms with van der Waals surface area (Å²) in [7, 11) is -4.14. The molecule has 0 atom stereocenters. The van der Waals surface area contributed by atoms with Gasteiger partial charge in [0.05, 0.1) is 32.2 Å². The Bertz CT molecular complexity index is 1660. The molecule has 13 nitrogen and oxygen atoms in total. The number of nitro groups is 2. The number of azo groups is 1. The van der Waals surface area contributed by atoms with E-state index < -0.39 is 42.7 Å². The minimum atomic E-state index is -4.14. The van der Waals surface area contributed by atoms with Crippen molar-refractivity contribution >= 4 is 59.9 Å². The minimum absolute atomic E-state index is 0.193. The zero-order chi connectivity index (χ0) is 26.0.